The topological polar surface area (TPSA) is 37.3 Å². The summed E-state index contributed by atoms with van der Waals surface area (Å²) in [5.74, 6) is -1.18. The van der Waals surface area contributed by atoms with Crippen molar-refractivity contribution in [3.63, 3.8) is 0 Å². The molecule has 0 aliphatic carbocycles. The highest BCUT2D eigenvalue weighted by molar-refractivity contribution is 9.10. The van der Waals surface area contributed by atoms with Gasteiger partial charge < -0.3 is 5.11 Å². The number of ketones is 1. The van der Waals surface area contributed by atoms with Crippen LogP contribution in [-0.4, -0.2) is 10.9 Å². The van der Waals surface area contributed by atoms with Crippen LogP contribution in [0.25, 0.3) is 0 Å². The van der Waals surface area contributed by atoms with Crippen molar-refractivity contribution in [1.29, 1.82) is 0 Å². The van der Waals surface area contributed by atoms with Crippen molar-refractivity contribution in [2.45, 2.75) is 6.92 Å². The fourth-order valence-electron chi connectivity index (χ4n) is 0.831. The minimum absolute atomic E-state index is 0.146. The summed E-state index contributed by atoms with van der Waals surface area (Å²) in [6.07, 6.45) is 0. The van der Waals surface area contributed by atoms with Gasteiger partial charge >= 0.3 is 0 Å². The molecule has 0 amide bonds. The van der Waals surface area contributed by atoms with Crippen molar-refractivity contribution in [3.05, 3.63) is 28.0 Å². The molecule has 0 atom stereocenters. The summed E-state index contributed by atoms with van der Waals surface area (Å²) in [5, 5.41) is 9.09. The molecule has 0 radical (unpaired) electrons. The van der Waals surface area contributed by atoms with Crippen molar-refractivity contribution < 1.29 is 14.3 Å². The quantitative estimate of drug-likeness (QED) is 0.756. The standard InChI is InChI=1S/C8H6BrFO2/c1-4(11)6-2-5(10)3-7(12)8(6)9/h2-3,12H,1H3. The number of Topliss-reactive ketones (excluding diaryl/α,β-unsaturated/α-hetero) is 1. The molecule has 1 N–H and O–H groups in total. The van der Waals surface area contributed by atoms with Gasteiger partial charge in [0.2, 0.25) is 0 Å². The zero-order valence-corrected chi connectivity index (χ0v) is 7.85. The maximum absolute atomic E-state index is 12.6. The molecule has 0 spiro atoms. The van der Waals surface area contributed by atoms with Crippen LogP contribution in [0.4, 0.5) is 4.39 Å². The molecule has 0 saturated carbocycles. The van der Waals surface area contributed by atoms with Crippen LogP contribution in [0.1, 0.15) is 17.3 Å². The first-order valence-corrected chi connectivity index (χ1v) is 4.00. The summed E-state index contributed by atoms with van der Waals surface area (Å²) in [4.78, 5) is 10.9. The van der Waals surface area contributed by atoms with E-state index < -0.39 is 5.82 Å². The Balaban J connectivity index is 3.37. The summed E-state index contributed by atoms with van der Waals surface area (Å²) in [5.41, 5.74) is 0.146. The van der Waals surface area contributed by atoms with E-state index in [2.05, 4.69) is 15.9 Å². The summed E-state index contributed by atoms with van der Waals surface area (Å²) in [6, 6.07) is 2.02. The third-order valence-electron chi connectivity index (χ3n) is 1.40. The number of benzene rings is 1. The first-order chi connectivity index (χ1) is 5.52. The Morgan fingerprint density at radius 1 is 1.58 bits per heavy atom. The van der Waals surface area contributed by atoms with Crippen LogP contribution in [0.15, 0.2) is 16.6 Å². The van der Waals surface area contributed by atoms with E-state index in [0.29, 0.717) is 0 Å². The molecule has 12 heavy (non-hydrogen) atoms. The van der Waals surface area contributed by atoms with Crippen molar-refractivity contribution >= 4 is 21.7 Å². The van der Waals surface area contributed by atoms with Gasteiger partial charge in [0.05, 0.1) is 4.47 Å². The van der Waals surface area contributed by atoms with E-state index in [1.165, 1.54) is 6.92 Å². The third kappa shape index (κ3) is 1.64. The Labute approximate surface area is 77.2 Å². The molecule has 0 heterocycles. The maximum Gasteiger partial charge on any atom is 0.161 e. The fraction of sp³-hybridized carbons (Fsp3) is 0.125. The number of phenolic OH excluding ortho intramolecular Hbond substituents is 1. The van der Waals surface area contributed by atoms with Crippen LogP contribution < -0.4 is 0 Å². The summed E-state index contributed by atoms with van der Waals surface area (Å²) in [6.45, 7) is 1.30. The van der Waals surface area contributed by atoms with Gasteiger partial charge in [-0.15, -0.1) is 0 Å². The normalized spacial score (nSPS) is 9.92. The second kappa shape index (κ2) is 3.23. The Hall–Kier alpha value is -0.900. The van der Waals surface area contributed by atoms with E-state index in [4.69, 9.17) is 5.11 Å². The van der Waals surface area contributed by atoms with E-state index in [9.17, 15) is 9.18 Å². The lowest BCUT2D eigenvalue weighted by Crippen LogP contribution is -1.94. The van der Waals surface area contributed by atoms with Gasteiger partial charge in [0.1, 0.15) is 11.6 Å². The number of carbonyl (C=O) groups excluding carboxylic acids is 1. The predicted molar refractivity (Wildman–Crippen MR) is 45.8 cm³/mol. The summed E-state index contributed by atoms with van der Waals surface area (Å²) < 4.78 is 12.9. The van der Waals surface area contributed by atoms with E-state index >= 15 is 0 Å². The average molecular weight is 233 g/mol. The molecule has 0 aromatic heterocycles. The summed E-state index contributed by atoms with van der Waals surface area (Å²) in [7, 11) is 0. The van der Waals surface area contributed by atoms with Crippen molar-refractivity contribution in [1.82, 2.24) is 0 Å². The minimum atomic E-state index is -0.624. The van der Waals surface area contributed by atoms with Gasteiger partial charge in [0.25, 0.3) is 0 Å². The molecule has 1 aromatic carbocycles. The first-order valence-electron chi connectivity index (χ1n) is 3.21. The minimum Gasteiger partial charge on any atom is -0.507 e. The zero-order chi connectivity index (χ0) is 9.30. The lowest BCUT2D eigenvalue weighted by atomic mass is 10.1. The average Bonchev–Trinajstić information content (AvgIpc) is 1.96. The van der Waals surface area contributed by atoms with Gasteiger partial charge in [-0.05, 0) is 28.9 Å². The lowest BCUT2D eigenvalue weighted by Gasteiger charge is -2.02. The SMILES string of the molecule is CC(=O)c1cc(F)cc(O)c1Br. The molecule has 1 aromatic rings. The number of aromatic hydroxyl groups is 1. The van der Waals surface area contributed by atoms with Crippen molar-refractivity contribution in [2.75, 3.05) is 0 Å². The smallest absolute Gasteiger partial charge is 0.161 e. The van der Waals surface area contributed by atoms with Crippen molar-refractivity contribution in [3.8, 4) is 5.75 Å². The second-order valence-corrected chi connectivity index (χ2v) is 3.14. The Kier molecular flexibility index (Phi) is 2.47. The Morgan fingerprint density at radius 3 is 2.67 bits per heavy atom. The van der Waals surface area contributed by atoms with E-state index in [0.717, 1.165) is 12.1 Å². The molecule has 1 rings (SSSR count). The summed E-state index contributed by atoms with van der Waals surface area (Å²) >= 11 is 2.98. The van der Waals surface area contributed by atoms with E-state index in [1.54, 1.807) is 0 Å². The number of halogens is 2. The van der Waals surface area contributed by atoms with E-state index in [1.807, 2.05) is 0 Å². The fourth-order valence-corrected chi connectivity index (χ4v) is 1.34. The predicted octanol–water partition coefficient (Wildman–Crippen LogP) is 2.50. The Bertz CT molecular complexity index is 336. The molecular weight excluding hydrogens is 227 g/mol. The molecule has 0 aliphatic heterocycles. The number of rotatable bonds is 1. The second-order valence-electron chi connectivity index (χ2n) is 2.34. The molecule has 0 fully saturated rings. The van der Waals surface area contributed by atoms with Gasteiger partial charge in [0, 0.05) is 11.6 Å². The van der Waals surface area contributed by atoms with Gasteiger partial charge in [-0.25, -0.2) is 4.39 Å². The lowest BCUT2D eigenvalue weighted by molar-refractivity contribution is 0.101. The number of carbonyl (C=O) groups is 1. The number of phenols is 1. The van der Waals surface area contributed by atoms with Gasteiger partial charge in [-0.3, -0.25) is 4.79 Å². The molecule has 0 aliphatic rings. The highest BCUT2D eigenvalue weighted by atomic mass is 79.9. The monoisotopic (exact) mass is 232 g/mol. The Morgan fingerprint density at radius 2 is 2.17 bits per heavy atom. The first kappa shape index (κ1) is 9.19. The van der Waals surface area contributed by atoms with Crippen LogP contribution in [0.5, 0.6) is 5.75 Å². The molecule has 0 saturated heterocycles. The van der Waals surface area contributed by atoms with E-state index in [-0.39, 0.29) is 21.6 Å². The van der Waals surface area contributed by atoms with Crippen LogP contribution in [0.3, 0.4) is 0 Å². The zero-order valence-electron chi connectivity index (χ0n) is 6.27. The van der Waals surface area contributed by atoms with Gasteiger partial charge in [0.15, 0.2) is 5.78 Å². The molecule has 0 unspecified atom stereocenters. The largest absolute Gasteiger partial charge is 0.507 e. The molecule has 4 heteroatoms. The highest BCUT2D eigenvalue weighted by Gasteiger charge is 2.10. The van der Waals surface area contributed by atoms with Gasteiger partial charge in [-0.2, -0.15) is 0 Å². The highest BCUT2D eigenvalue weighted by Crippen LogP contribution is 2.28. The van der Waals surface area contributed by atoms with Crippen LogP contribution in [0.2, 0.25) is 0 Å². The molecule has 2 nitrogen and oxygen atoms in total. The van der Waals surface area contributed by atoms with Crippen molar-refractivity contribution in [2.24, 2.45) is 0 Å². The molecule has 64 valence electrons. The third-order valence-corrected chi connectivity index (χ3v) is 2.23. The maximum atomic E-state index is 12.6. The number of hydrogen-bond acceptors (Lipinski definition) is 2. The van der Waals surface area contributed by atoms with Crippen LogP contribution in [-0.2, 0) is 0 Å². The molecular formula is C8H6BrFO2. The van der Waals surface area contributed by atoms with Crippen LogP contribution in [0, 0.1) is 5.82 Å². The van der Waals surface area contributed by atoms with Gasteiger partial charge in [-0.1, -0.05) is 0 Å². The number of hydrogen-bond donors (Lipinski definition) is 1. The van der Waals surface area contributed by atoms with Crippen LogP contribution >= 0.6 is 15.9 Å². The molecule has 0 bridgehead atoms.